The quantitative estimate of drug-likeness (QED) is 0.603. The molecule has 0 bridgehead atoms. The first kappa shape index (κ1) is 19.1. The second-order valence-electron chi connectivity index (χ2n) is 7.98. The van der Waals surface area contributed by atoms with Crippen molar-refractivity contribution in [2.24, 2.45) is 0 Å². The van der Waals surface area contributed by atoms with E-state index < -0.39 is 0 Å². The Labute approximate surface area is 182 Å². The van der Waals surface area contributed by atoms with E-state index in [4.69, 9.17) is 17.0 Å². The second-order valence-corrected chi connectivity index (χ2v) is 8.36. The lowest BCUT2D eigenvalue weighted by molar-refractivity contribution is 0.239. The molecule has 2 atom stereocenters. The summed E-state index contributed by atoms with van der Waals surface area (Å²) in [4.78, 5) is 7.11. The van der Waals surface area contributed by atoms with Crippen LogP contribution in [0.4, 0.5) is 0 Å². The molecule has 3 aromatic rings. The molecule has 1 saturated heterocycles. The Morgan fingerprint density at radius 3 is 2.70 bits per heavy atom. The summed E-state index contributed by atoms with van der Waals surface area (Å²) in [6, 6.07) is 19.2. The fraction of sp³-hybridized carbons (Fsp3) is 0.333. The highest BCUT2D eigenvalue weighted by atomic mass is 32.1. The molecule has 2 aliphatic rings. The van der Waals surface area contributed by atoms with Crippen molar-refractivity contribution in [2.45, 2.75) is 43.8 Å². The summed E-state index contributed by atoms with van der Waals surface area (Å²) in [5.74, 6) is 0.848. The monoisotopic (exact) mass is 418 g/mol. The number of rotatable bonds is 5. The van der Waals surface area contributed by atoms with Gasteiger partial charge in [-0.05, 0) is 61.5 Å². The van der Waals surface area contributed by atoms with Gasteiger partial charge < -0.3 is 19.5 Å². The minimum Gasteiger partial charge on any atom is -0.497 e. The maximum absolute atomic E-state index is 5.86. The number of ether oxygens (including phenoxy) is 1. The van der Waals surface area contributed by atoms with Crippen LogP contribution in [0.1, 0.15) is 49.2 Å². The molecular weight excluding hydrogens is 392 g/mol. The van der Waals surface area contributed by atoms with Crippen LogP contribution >= 0.6 is 12.2 Å². The smallest absolute Gasteiger partial charge is 0.170 e. The minimum atomic E-state index is 0.0126. The van der Waals surface area contributed by atoms with Crippen LogP contribution in [0, 0.1) is 0 Å². The highest BCUT2D eigenvalue weighted by Crippen LogP contribution is 2.43. The van der Waals surface area contributed by atoms with Gasteiger partial charge in [-0.1, -0.05) is 25.0 Å². The Kier molecular flexibility index (Phi) is 5.17. The van der Waals surface area contributed by atoms with Gasteiger partial charge in [0.15, 0.2) is 5.11 Å². The van der Waals surface area contributed by atoms with Crippen LogP contribution < -0.4 is 10.1 Å². The summed E-state index contributed by atoms with van der Waals surface area (Å²) in [5, 5.41) is 4.43. The number of hydrogen-bond acceptors (Lipinski definition) is 3. The zero-order chi connectivity index (χ0) is 20.5. The van der Waals surface area contributed by atoms with Gasteiger partial charge in [0.1, 0.15) is 5.75 Å². The molecule has 0 spiro atoms. The number of hydrogen-bond donors (Lipinski definition) is 1. The fourth-order valence-corrected chi connectivity index (χ4v) is 5.28. The van der Waals surface area contributed by atoms with Crippen molar-refractivity contribution in [3.05, 3.63) is 78.4 Å². The van der Waals surface area contributed by atoms with Crippen molar-refractivity contribution in [3.8, 4) is 11.4 Å². The standard InChI is InChI=1S/C24H26N4OS/c1-29-19-11-6-10-18(16-19)27-15-7-13-21(27)23-22(20-12-4-5-14-25-20)26-24(30)28(23)17-8-2-3-9-17/h4-7,10-17,22-23H,2-3,8-9H2,1H3,(H,26,30)/t22-,23-/m0/s1. The van der Waals surface area contributed by atoms with E-state index in [9.17, 15) is 0 Å². The van der Waals surface area contributed by atoms with Gasteiger partial charge in [0.05, 0.1) is 24.9 Å². The van der Waals surface area contributed by atoms with Gasteiger partial charge in [0.25, 0.3) is 0 Å². The Morgan fingerprint density at radius 1 is 1.07 bits per heavy atom. The highest BCUT2D eigenvalue weighted by molar-refractivity contribution is 7.80. The van der Waals surface area contributed by atoms with Crippen molar-refractivity contribution in [1.29, 1.82) is 0 Å². The minimum absolute atomic E-state index is 0.0126. The van der Waals surface area contributed by atoms with Gasteiger partial charge in [-0.15, -0.1) is 0 Å². The number of aromatic nitrogens is 2. The summed E-state index contributed by atoms with van der Waals surface area (Å²) in [6.45, 7) is 0. The van der Waals surface area contributed by atoms with Crippen LogP contribution in [0.5, 0.6) is 5.75 Å². The molecule has 6 heteroatoms. The average molecular weight is 419 g/mol. The molecule has 5 rings (SSSR count). The fourth-order valence-electron chi connectivity index (χ4n) is 4.89. The van der Waals surface area contributed by atoms with Crippen molar-refractivity contribution in [2.75, 3.05) is 7.11 Å². The Bertz CT molecular complexity index is 1030. The van der Waals surface area contributed by atoms with Gasteiger partial charge in [-0.25, -0.2) is 0 Å². The van der Waals surface area contributed by atoms with Gasteiger partial charge in [-0.2, -0.15) is 0 Å². The lowest BCUT2D eigenvalue weighted by Gasteiger charge is -2.33. The molecule has 1 aliphatic heterocycles. The van der Waals surface area contributed by atoms with Gasteiger partial charge >= 0.3 is 0 Å². The maximum atomic E-state index is 5.86. The van der Waals surface area contributed by atoms with Crippen molar-refractivity contribution >= 4 is 17.3 Å². The molecule has 5 nitrogen and oxygen atoms in total. The third kappa shape index (κ3) is 3.35. The molecule has 1 aliphatic carbocycles. The van der Waals surface area contributed by atoms with Crippen LogP contribution in [0.25, 0.3) is 5.69 Å². The van der Waals surface area contributed by atoms with Crippen LogP contribution in [0.2, 0.25) is 0 Å². The van der Waals surface area contributed by atoms with E-state index in [1.807, 2.05) is 30.5 Å². The van der Waals surface area contributed by atoms with E-state index in [2.05, 4.69) is 56.3 Å². The first-order chi connectivity index (χ1) is 14.8. The van der Waals surface area contributed by atoms with Crippen molar-refractivity contribution < 1.29 is 4.74 Å². The lowest BCUT2D eigenvalue weighted by Crippen LogP contribution is -2.38. The van der Waals surface area contributed by atoms with Crippen LogP contribution in [-0.2, 0) is 0 Å². The van der Waals surface area contributed by atoms with E-state index in [1.165, 1.54) is 31.4 Å². The number of pyridine rings is 1. The Balaban J connectivity index is 1.61. The van der Waals surface area contributed by atoms with Crippen molar-refractivity contribution in [1.82, 2.24) is 19.8 Å². The summed E-state index contributed by atoms with van der Waals surface area (Å²) in [7, 11) is 1.70. The third-order valence-corrected chi connectivity index (χ3v) is 6.60. The Morgan fingerprint density at radius 2 is 1.93 bits per heavy atom. The highest BCUT2D eigenvalue weighted by Gasteiger charge is 2.44. The van der Waals surface area contributed by atoms with Crippen LogP contribution in [0.15, 0.2) is 67.0 Å². The summed E-state index contributed by atoms with van der Waals surface area (Å²) >= 11 is 5.86. The molecular formula is C24H26N4OS. The zero-order valence-corrected chi connectivity index (χ0v) is 17.9. The molecule has 0 amide bonds. The van der Waals surface area contributed by atoms with Gasteiger partial charge in [-0.3, -0.25) is 4.98 Å². The molecule has 1 N–H and O–H groups in total. The number of benzene rings is 1. The van der Waals surface area contributed by atoms with E-state index in [1.54, 1.807) is 7.11 Å². The van der Waals surface area contributed by atoms with Crippen molar-refractivity contribution in [3.63, 3.8) is 0 Å². The largest absolute Gasteiger partial charge is 0.497 e. The first-order valence-corrected chi connectivity index (χ1v) is 11.0. The van der Waals surface area contributed by atoms with Gasteiger partial charge in [0.2, 0.25) is 0 Å². The third-order valence-electron chi connectivity index (χ3n) is 6.27. The molecule has 2 fully saturated rings. The normalized spacial score (nSPS) is 21.8. The molecule has 3 heterocycles. The first-order valence-electron chi connectivity index (χ1n) is 10.6. The molecule has 0 unspecified atom stereocenters. The van der Waals surface area contributed by atoms with E-state index in [0.717, 1.165) is 22.2 Å². The van der Waals surface area contributed by atoms with Crippen LogP contribution in [0.3, 0.4) is 0 Å². The second kappa shape index (κ2) is 8.11. The average Bonchev–Trinajstić information content (AvgIpc) is 3.53. The molecule has 1 aromatic carbocycles. The molecule has 1 saturated carbocycles. The molecule has 30 heavy (non-hydrogen) atoms. The number of nitrogens with one attached hydrogen (secondary N) is 1. The predicted octanol–water partition coefficient (Wildman–Crippen LogP) is 4.80. The maximum Gasteiger partial charge on any atom is 0.170 e. The predicted molar refractivity (Wildman–Crippen MR) is 122 cm³/mol. The summed E-state index contributed by atoms with van der Waals surface area (Å²) in [5.41, 5.74) is 3.31. The lowest BCUT2D eigenvalue weighted by atomic mass is 9.99. The topological polar surface area (TPSA) is 42.3 Å². The summed E-state index contributed by atoms with van der Waals surface area (Å²) in [6.07, 6.45) is 8.88. The number of nitrogens with zero attached hydrogens (tertiary/aromatic N) is 3. The number of thiocarbonyl (C=S) groups is 1. The number of methoxy groups -OCH3 is 1. The van der Waals surface area contributed by atoms with E-state index in [-0.39, 0.29) is 12.1 Å². The Hall–Kier alpha value is -2.86. The van der Waals surface area contributed by atoms with Gasteiger partial charge in [0, 0.05) is 35.9 Å². The summed E-state index contributed by atoms with van der Waals surface area (Å²) < 4.78 is 7.71. The SMILES string of the molecule is COc1cccc(-n2cccc2[C@H]2[C@H](c3ccccn3)NC(=S)N2C2CCCC2)c1. The van der Waals surface area contributed by atoms with E-state index in [0.29, 0.717) is 6.04 Å². The molecule has 2 aromatic heterocycles. The zero-order valence-electron chi connectivity index (χ0n) is 17.1. The van der Waals surface area contributed by atoms with Crippen LogP contribution in [-0.4, -0.2) is 32.7 Å². The molecule has 0 radical (unpaired) electrons. The van der Waals surface area contributed by atoms with E-state index >= 15 is 0 Å². The molecule has 154 valence electrons.